The molecule has 0 rings (SSSR count). The van der Waals surface area contributed by atoms with Gasteiger partial charge in [0.25, 0.3) is 0 Å². The molecule has 16 heavy (non-hydrogen) atoms. The summed E-state index contributed by atoms with van der Waals surface area (Å²) in [6, 6.07) is -1.62. The summed E-state index contributed by atoms with van der Waals surface area (Å²) in [5.74, 6) is -1.73. The molecule has 0 bridgehead atoms. The zero-order valence-corrected chi connectivity index (χ0v) is 9.86. The van der Waals surface area contributed by atoms with Crippen LogP contribution in [0.3, 0.4) is 0 Å². The molecule has 6 heteroatoms. The van der Waals surface area contributed by atoms with Crippen LogP contribution >= 0.6 is 0 Å². The van der Waals surface area contributed by atoms with Gasteiger partial charge < -0.3 is 21.3 Å². The summed E-state index contributed by atoms with van der Waals surface area (Å²) >= 11 is 0. The van der Waals surface area contributed by atoms with Crippen LogP contribution in [-0.4, -0.2) is 40.8 Å². The largest absolute Gasteiger partial charge is 0.480 e. The van der Waals surface area contributed by atoms with E-state index in [1.54, 1.807) is 0 Å². The standard InChI is InChI=1S/C10H20N2O4/c1-10(2,3)7(11)4-8(14)12-6(5-13)9(15)16/h6-7,13H,4-5,11H2,1-3H3,(H,12,14)(H,15,16)/t6-,7?/m1/s1. The van der Waals surface area contributed by atoms with E-state index in [-0.39, 0.29) is 17.9 Å². The van der Waals surface area contributed by atoms with Crippen molar-refractivity contribution in [2.75, 3.05) is 6.61 Å². The third kappa shape index (κ3) is 5.09. The fraction of sp³-hybridized carbons (Fsp3) is 0.800. The Hall–Kier alpha value is -1.14. The number of aliphatic hydroxyl groups is 1. The van der Waals surface area contributed by atoms with Crippen molar-refractivity contribution in [3.8, 4) is 0 Å². The van der Waals surface area contributed by atoms with E-state index in [0.29, 0.717) is 0 Å². The molecular formula is C10H20N2O4. The molecule has 6 nitrogen and oxygen atoms in total. The van der Waals surface area contributed by atoms with Crippen LogP contribution in [0.15, 0.2) is 0 Å². The van der Waals surface area contributed by atoms with Gasteiger partial charge in [0.05, 0.1) is 6.61 Å². The molecule has 1 amide bonds. The average molecular weight is 232 g/mol. The number of carbonyl (C=O) groups is 2. The Morgan fingerprint density at radius 2 is 1.88 bits per heavy atom. The van der Waals surface area contributed by atoms with Gasteiger partial charge in [0.15, 0.2) is 0 Å². The third-order valence-corrected chi connectivity index (χ3v) is 2.33. The average Bonchev–Trinajstić information content (AvgIpc) is 2.11. The maximum Gasteiger partial charge on any atom is 0.328 e. The summed E-state index contributed by atoms with van der Waals surface area (Å²) in [7, 11) is 0. The SMILES string of the molecule is CC(C)(C)C(N)CC(=O)N[C@H](CO)C(=O)O. The topological polar surface area (TPSA) is 113 Å². The van der Waals surface area contributed by atoms with E-state index in [2.05, 4.69) is 5.32 Å². The fourth-order valence-corrected chi connectivity index (χ4v) is 0.945. The maximum absolute atomic E-state index is 11.4. The normalized spacial score (nSPS) is 15.3. The van der Waals surface area contributed by atoms with Crippen molar-refractivity contribution < 1.29 is 19.8 Å². The van der Waals surface area contributed by atoms with Crippen LogP contribution in [0.1, 0.15) is 27.2 Å². The highest BCUT2D eigenvalue weighted by molar-refractivity contribution is 5.83. The van der Waals surface area contributed by atoms with Gasteiger partial charge in [0.2, 0.25) is 5.91 Å². The first kappa shape index (κ1) is 14.9. The summed E-state index contributed by atoms with van der Waals surface area (Å²) < 4.78 is 0. The molecule has 0 aromatic heterocycles. The Morgan fingerprint density at radius 3 is 2.19 bits per heavy atom. The van der Waals surface area contributed by atoms with E-state index in [9.17, 15) is 9.59 Å². The zero-order valence-electron chi connectivity index (χ0n) is 9.86. The van der Waals surface area contributed by atoms with Crippen molar-refractivity contribution in [3.63, 3.8) is 0 Å². The van der Waals surface area contributed by atoms with Crippen LogP contribution < -0.4 is 11.1 Å². The lowest BCUT2D eigenvalue weighted by atomic mass is 9.85. The van der Waals surface area contributed by atoms with Crippen molar-refractivity contribution in [2.45, 2.75) is 39.3 Å². The van der Waals surface area contributed by atoms with Crippen LogP contribution in [0.2, 0.25) is 0 Å². The molecule has 0 aromatic carbocycles. The van der Waals surface area contributed by atoms with Crippen molar-refractivity contribution in [1.82, 2.24) is 5.32 Å². The van der Waals surface area contributed by atoms with Crippen molar-refractivity contribution >= 4 is 11.9 Å². The molecule has 2 atom stereocenters. The number of carboxylic acid groups (broad SMARTS) is 1. The number of carboxylic acids is 1. The molecular weight excluding hydrogens is 212 g/mol. The predicted molar refractivity (Wildman–Crippen MR) is 58.7 cm³/mol. The Labute approximate surface area is 94.8 Å². The fourth-order valence-electron chi connectivity index (χ4n) is 0.945. The van der Waals surface area contributed by atoms with Gasteiger partial charge >= 0.3 is 5.97 Å². The number of aliphatic carboxylic acids is 1. The summed E-state index contributed by atoms with van der Waals surface area (Å²) in [6.45, 7) is 5.05. The van der Waals surface area contributed by atoms with E-state index in [1.807, 2.05) is 20.8 Å². The Bertz CT molecular complexity index is 260. The van der Waals surface area contributed by atoms with Crippen LogP contribution in [0.4, 0.5) is 0 Å². The summed E-state index contributed by atoms with van der Waals surface area (Å²) in [5, 5.41) is 19.5. The van der Waals surface area contributed by atoms with Gasteiger partial charge in [-0.15, -0.1) is 0 Å². The van der Waals surface area contributed by atoms with Crippen molar-refractivity contribution in [2.24, 2.45) is 11.1 Å². The van der Waals surface area contributed by atoms with Gasteiger partial charge in [-0.3, -0.25) is 4.79 Å². The van der Waals surface area contributed by atoms with Crippen LogP contribution in [0, 0.1) is 5.41 Å². The second kappa shape index (κ2) is 5.81. The number of nitrogens with one attached hydrogen (secondary N) is 1. The van der Waals surface area contributed by atoms with Crippen LogP contribution in [-0.2, 0) is 9.59 Å². The number of aliphatic hydroxyl groups excluding tert-OH is 1. The quantitative estimate of drug-likeness (QED) is 0.501. The van der Waals surface area contributed by atoms with Gasteiger partial charge in [-0.25, -0.2) is 4.79 Å². The molecule has 94 valence electrons. The minimum absolute atomic E-state index is 0.0350. The van der Waals surface area contributed by atoms with E-state index >= 15 is 0 Å². The lowest BCUT2D eigenvalue weighted by Gasteiger charge is -2.26. The molecule has 1 unspecified atom stereocenters. The van der Waals surface area contributed by atoms with E-state index in [4.69, 9.17) is 15.9 Å². The van der Waals surface area contributed by atoms with Gasteiger partial charge in [-0.2, -0.15) is 0 Å². The summed E-state index contributed by atoms with van der Waals surface area (Å²) in [4.78, 5) is 22.0. The minimum atomic E-state index is -1.26. The summed E-state index contributed by atoms with van der Waals surface area (Å²) in [6.07, 6.45) is 0.0350. The second-order valence-corrected chi connectivity index (χ2v) is 4.82. The number of rotatable bonds is 5. The van der Waals surface area contributed by atoms with Gasteiger partial charge in [0.1, 0.15) is 6.04 Å². The molecule has 0 radical (unpaired) electrons. The predicted octanol–water partition coefficient (Wildman–Crippen LogP) is -0.688. The molecule has 0 aliphatic carbocycles. The van der Waals surface area contributed by atoms with Crippen molar-refractivity contribution in [1.29, 1.82) is 0 Å². The Kier molecular flexibility index (Phi) is 5.40. The highest BCUT2D eigenvalue weighted by Gasteiger charge is 2.25. The third-order valence-electron chi connectivity index (χ3n) is 2.33. The Balaban J connectivity index is 4.23. The maximum atomic E-state index is 11.4. The number of carbonyl (C=O) groups excluding carboxylic acids is 1. The lowest BCUT2D eigenvalue weighted by Crippen LogP contribution is -2.47. The molecule has 0 aliphatic heterocycles. The van der Waals surface area contributed by atoms with E-state index in [1.165, 1.54) is 0 Å². The molecule has 0 fully saturated rings. The van der Waals surface area contributed by atoms with Crippen LogP contribution in [0.25, 0.3) is 0 Å². The van der Waals surface area contributed by atoms with Gasteiger partial charge in [-0.05, 0) is 5.41 Å². The van der Waals surface area contributed by atoms with Crippen molar-refractivity contribution in [3.05, 3.63) is 0 Å². The zero-order chi connectivity index (χ0) is 12.9. The number of amides is 1. The number of nitrogens with two attached hydrogens (primary N) is 1. The Morgan fingerprint density at radius 1 is 1.38 bits per heavy atom. The summed E-state index contributed by atoms with van der Waals surface area (Å²) in [5.41, 5.74) is 5.55. The first-order valence-corrected chi connectivity index (χ1v) is 5.07. The lowest BCUT2D eigenvalue weighted by molar-refractivity contribution is -0.143. The smallest absolute Gasteiger partial charge is 0.328 e. The second-order valence-electron chi connectivity index (χ2n) is 4.82. The molecule has 0 aromatic rings. The van der Waals surface area contributed by atoms with Crippen LogP contribution in [0.5, 0.6) is 0 Å². The molecule has 0 heterocycles. The molecule has 0 saturated carbocycles. The minimum Gasteiger partial charge on any atom is -0.480 e. The number of hydrogen-bond acceptors (Lipinski definition) is 4. The monoisotopic (exact) mass is 232 g/mol. The van der Waals surface area contributed by atoms with E-state index in [0.717, 1.165) is 0 Å². The number of hydrogen-bond donors (Lipinski definition) is 4. The molecule has 0 aliphatic rings. The highest BCUT2D eigenvalue weighted by atomic mass is 16.4. The first-order valence-electron chi connectivity index (χ1n) is 5.07. The van der Waals surface area contributed by atoms with E-state index < -0.39 is 24.5 Å². The first-order chi connectivity index (χ1) is 7.18. The van der Waals surface area contributed by atoms with Gasteiger partial charge in [0, 0.05) is 12.5 Å². The molecule has 5 N–H and O–H groups in total. The van der Waals surface area contributed by atoms with Gasteiger partial charge in [-0.1, -0.05) is 20.8 Å². The molecule has 0 saturated heterocycles. The molecule has 0 spiro atoms. The highest BCUT2D eigenvalue weighted by Crippen LogP contribution is 2.19.